The second-order valence-corrected chi connectivity index (χ2v) is 12.4. The zero-order valence-electron chi connectivity index (χ0n) is 22.8. The molecule has 0 bridgehead atoms. The van der Waals surface area contributed by atoms with Gasteiger partial charge in [-0.3, -0.25) is 9.59 Å². The molecular formula is C29H41FN4O4S. The van der Waals surface area contributed by atoms with E-state index in [4.69, 9.17) is 5.73 Å². The summed E-state index contributed by atoms with van der Waals surface area (Å²) in [6.07, 6.45) is 6.06. The predicted octanol–water partition coefficient (Wildman–Crippen LogP) is 3.33. The third kappa shape index (κ3) is 10.3. The number of halogens is 1. The van der Waals surface area contributed by atoms with E-state index in [-0.39, 0.29) is 48.8 Å². The van der Waals surface area contributed by atoms with Crippen LogP contribution in [0, 0.1) is 5.82 Å². The molecule has 2 amide bonds. The SMILES string of the molecule is CCCN.Fc1ccc(C2CC2)cc1.O=C(NCC(=O)N1CCS(=O)(=O)CC1)c1ccc(N2CCCC2)cc1. The van der Waals surface area contributed by atoms with Gasteiger partial charge in [0.05, 0.1) is 18.1 Å². The fourth-order valence-electron chi connectivity index (χ4n) is 4.28. The molecule has 8 nitrogen and oxygen atoms in total. The number of benzene rings is 2. The second kappa shape index (κ2) is 15.0. The normalized spacial score (nSPS) is 17.8. The van der Waals surface area contributed by atoms with E-state index in [0.717, 1.165) is 37.7 Å². The molecule has 0 spiro atoms. The Morgan fingerprint density at radius 1 is 0.949 bits per heavy atom. The van der Waals surface area contributed by atoms with E-state index >= 15 is 0 Å². The first-order valence-electron chi connectivity index (χ1n) is 13.8. The van der Waals surface area contributed by atoms with Crippen molar-refractivity contribution in [3.63, 3.8) is 0 Å². The minimum Gasteiger partial charge on any atom is -0.372 e. The minimum absolute atomic E-state index is 0.00928. The summed E-state index contributed by atoms with van der Waals surface area (Å²) in [5.74, 6) is 0.0304. The first kappa shape index (κ1) is 30.6. The number of anilines is 1. The standard InChI is InChI=1S/C17H23N3O4S.C9H9F.C3H9N/c21-16(20-9-11-25(23,24)12-10-20)13-18-17(22)14-3-5-15(6-4-14)19-7-1-2-8-19;10-9-5-3-8(4-6-9)7-1-2-7;1-2-3-4/h3-6H,1-2,7-13H2,(H,18,22);3-7H,1-2H2;2-4H2,1H3. The van der Waals surface area contributed by atoms with Crippen molar-refractivity contribution in [2.75, 3.05) is 55.7 Å². The quantitative estimate of drug-likeness (QED) is 0.561. The van der Waals surface area contributed by atoms with Crippen molar-refractivity contribution >= 4 is 27.3 Å². The van der Waals surface area contributed by atoms with Crippen LogP contribution in [0.1, 0.15) is 60.9 Å². The fraction of sp³-hybridized carbons (Fsp3) is 0.517. The van der Waals surface area contributed by atoms with Gasteiger partial charge in [0.15, 0.2) is 9.84 Å². The van der Waals surface area contributed by atoms with Crippen molar-refractivity contribution < 1.29 is 22.4 Å². The van der Waals surface area contributed by atoms with E-state index in [0.29, 0.717) is 5.56 Å². The van der Waals surface area contributed by atoms with Gasteiger partial charge in [0.1, 0.15) is 5.82 Å². The number of nitrogens with zero attached hydrogens (tertiary/aromatic N) is 2. The van der Waals surface area contributed by atoms with Gasteiger partial charge in [0.25, 0.3) is 5.91 Å². The van der Waals surface area contributed by atoms with Gasteiger partial charge in [-0.2, -0.15) is 0 Å². The van der Waals surface area contributed by atoms with E-state index in [9.17, 15) is 22.4 Å². The van der Waals surface area contributed by atoms with Crippen LogP contribution < -0.4 is 16.0 Å². The molecule has 0 unspecified atom stereocenters. The summed E-state index contributed by atoms with van der Waals surface area (Å²) in [5.41, 5.74) is 7.94. The lowest BCUT2D eigenvalue weighted by Gasteiger charge is -2.26. The molecule has 3 fully saturated rings. The van der Waals surface area contributed by atoms with Crippen LogP contribution in [-0.4, -0.2) is 75.9 Å². The molecule has 0 atom stereocenters. The number of nitrogens with one attached hydrogen (secondary N) is 1. The summed E-state index contributed by atoms with van der Waals surface area (Å²) in [4.78, 5) is 28.0. The second-order valence-electron chi connectivity index (χ2n) is 10.1. The highest BCUT2D eigenvalue weighted by Gasteiger charge is 2.25. The maximum absolute atomic E-state index is 12.4. The number of carbonyl (C=O) groups excluding carboxylic acids is 2. The average Bonchev–Trinajstić information content (AvgIpc) is 3.65. The highest BCUT2D eigenvalue weighted by atomic mass is 32.2. The highest BCUT2D eigenvalue weighted by Crippen LogP contribution is 2.39. The third-order valence-electron chi connectivity index (χ3n) is 6.91. The number of rotatable bonds is 6. The first-order chi connectivity index (χ1) is 18.7. The number of hydrogen-bond donors (Lipinski definition) is 2. The van der Waals surface area contributed by atoms with Gasteiger partial charge in [-0.15, -0.1) is 0 Å². The molecule has 214 valence electrons. The summed E-state index contributed by atoms with van der Waals surface area (Å²) < 4.78 is 35.1. The van der Waals surface area contributed by atoms with Gasteiger partial charge in [-0.05, 0) is 86.5 Å². The molecule has 0 radical (unpaired) electrons. The van der Waals surface area contributed by atoms with Crippen LogP contribution in [-0.2, 0) is 14.6 Å². The molecule has 2 aliphatic heterocycles. The minimum atomic E-state index is -3.02. The van der Waals surface area contributed by atoms with Gasteiger partial charge in [0.2, 0.25) is 5.91 Å². The number of amides is 2. The first-order valence-corrected chi connectivity index (χ1v) is 15.6. The summed E-state index contributed by atoms with van der Waals surface area (Å²) in [6.45, 7) is 5.24. The maximum atomic E-state index is 12.4. The molecule has 2 heterocycles. The Hall–Kier alpha value is -2.98. The Kier molecular flexibility index (Phi) is 11.7. The van der Waals surface area contributed by atoms with Crippen molar-refractivity contribution in [2.45, 2.75) is 44.9 Å². The number of hydrogen-bond acceptors (Lipinski definition) is 6. The lowest BCUT2D eigenvalue weighted by molar-refractivity contribution is -0.129. The Morgan fingerprint density at radius 3 is 2.03 bits per heavy atom. The lowest BCUT2D eigenvalue weighted by atomic mass is 10.1. The highest BCUT2D eigenvalue weighted by molar-refractivity contribution is 7.91. The fourth-order valence-corrected chi connectivity index (χ4v) is 5.48. The number of nitrogens with two attached hydrogens (primary N) is 1. The van der Waals surface area contributed by atoms with Crippen LogP contribution in [0.5, 0.6) is 0 Å². The summed E-state index contributed by atoms with van der Waals surface area (Å²) in [7, 11) is -3.02. The zero-order valence-corrected chi connectivity index (χ0v) is 23.6. The third-order valence-corrected chi connectivity index (χ3v) is 8.51. The molecule has 39 heavy (non-hydrogen) atoms. The van der Waals surface area contributed by atoms with Gasteiger partial charge < -0.3 is 20.9 Å². The monoisotopic (exact) mass is 560 g/mol. The summed E-state index contributed by atoms with van der Waals surface area (Å²) >= 11 is 0. The molecular weight excluding hydrogens is 519 g/mol. The molecule has 2 saturated heterocycles. The Morgan fingerprint density at radius 2 is 1.51 bits per heavy atom. The summed E-state index contributed by atoms with van der Waals surface area (Å²) in [5, 5.41) is 2.61. The van der Waals surface area contributed by atoms with Gasteiger partial charge >= 0.3 is 0 Å². The smallest absolute Gasteiger partial charge is 0.251 e. The van der Waals surface area contributed by atoms with Crippen LogP contribution in [0.15, 0.2) is 48.5 Å². The van der Waals surface area contributed by atoms with Gasteiger partial charge in [-0.1, -0.05) is 19.1 Å². The maximum Gasteiger partial charge on any atom is 0.251 e. The van der Waals surface area contributed by atoms with Crippen molar-refractivity contribution in [1.82, 2.24) is 10.2 Å². The van der Waals surface area contributed by atoms with Crippen molar-refractivity contribution in [3.05, 3.63) is 65.5 Å². The van der Waals surface area contributed by atoms with Crippen LogP contribution in [0.2, 0.25) is 0 Å². The molecule has 2 aromatic carbocycles. The molecule has 3 aliphatic rings. The van der Waals surface area contributed by atoms with Gasteiger partial charge in [-0.25, -0.2) is 12.8 Å². The van der Waals surface area contributed by atoms with Crippen LogP contribution >= 0.6 is 0 Å². The number of carbonyl (C=O) groups is 2. The molecule has 1 saturated carbocycles. The van der Waals surface area contributed by atoms with E-state index in [1.54, 1.807) is 12.1 Å². The van der Waals surface area contributed by atoms with Crippen LogP contribution in [0.3, 0.4) is 0 Å². The lowest BCUT2D eigenvalue weighted by Crippen LogP contribution is -2.47. The average molecular weight is 561 g/mol. The Labute approximate surface area is 231 Å². The van der Waals surface area contributed by atoms with E-state index in [1.165, 1.54) is 48.3 Å². The van der Waals surface area contributed by atoms with E-state index in [2.05, 4.69) is 17.1 Å². The van der Waals surface area contributed by atoms with Gasteiger partial charge in [0, 0.05) is 37.4 Å². The van der Waals surface area contributed by atoms with Crippen molar-refractivity contribution in [3.8, 4) is 0 Å². The predicted molar refractivity (Wildman–Crippen MR) is 153 cm³/mol. The van der Waals surface area contributed by atoms with Crippen molar-refractivity contribution in [2.24, 2.45) is 5.73 Å². The topological polar surface area (TPSA) is 113 Å². The molecule has 2 aromatic rings. The Balaban J connectivity index is 0.000000245. The Bertz CT molecular complexity index is 1150. The molecule has 5 rings (SSSR count). The summed E-state index contributed by atoms with van der Waals surface area (Å²) in [6, 6.07) is 14.2. The number of sulfone groups is 1. The molecule has 1 aliphatic carbocycles. The van der Waals surface area contributed by atoms with E-state index < -0.39 is 9.84 Å². The zero-order chi connectivity index (χ0) is 28.3. The van der Waals surface area contributed by atoms with E-state index in [1.807, 2.05) is 24.3 Å². The largest absolute Gasteiger partial charge is 0.372 e. The molecule has 0 aromatic heterocycles. The van der Waals surface area contributed by atoms with Crippen LogP contribution in [0.25, 0.3) is 0 Å². The molecule has 10 heteroatoms. The van der Waals surface area contributed by atoms with Crippen LogP contribution in [0.4, 0.5) is 10.1 Å². The molecule has 3 N–H and O–H groups in total. The van der Waals surface area contributed by atoms with Crippen molar-refractivity contribution in [1.29, 1.82) is 0 Å².